The van der Waals surface area contributed by atoms with E-state index in [0.717, 1.165) is 23.8 Å². The molecule has 0 aliphatic heterocycles. The molecule has 0 bridgehead atoms. The van der Waals surface area contributed by atoms with E-state index in [9.17, 15) is 5.11 Å². The van der Waals surface area contributed by atoms with Crippen molar-refractivity contribution in [3.63, 3.8) is 0 Å². The minimum absolute atomic E-state index is 0.337. The van der Waals surface area contributed by atoms with Crippen molar-refractivity contribution in [3.8, 4) is 11.5 Å². The van der Waals surface area contributed by atoms with Crippen molar-refractivity contribution in [1.29, 1.82) is 0 Å². The van der Waals surface area contributed by atoms with E-state index in [4.69, 9.17) is 4.74 Å². The van der Waals surface area contributed by atoms with Crippen LogP contribution in [0, 0.1) is 5.92 Å². The first kappa shape index (κ1) is 14.2. The molecule has 106 valence electrons. The molecule has 19 heavy (non-hydrogen) atoms. The van der Waals surface area contributed by atoms with Gasteiger partial charge in [-0.2, -0.15) is 0 Å². The molecule has 3 nitrogen and oxygen atoms in total. The summed E-state index contributed by atoms with van der Waals surface area (Å²) in [6.45, 7) is 1.72. The fraction of sp³-hybridized carbons (Fsp3) is 0.625. The van der Waals surface area contributed by atoms with Crippen LogP contribution < -0.4 is 10.1 Å². The second-order valence-corrected chi connectivity index (χ2v) is 5.46. The third-order valence-corrected chi connectivity index (χ3v) is 4.04. The monoisotopic (exact) mass is 263 g/mol. The van der Waals surface area contributed by atoms with Gasteiger partial charge in [0.15, 0.2) is 0 Å². The highest BCUT2D eigenvalue weighted by Gasteiger charge is 2.13. The minimum atomic E-state index is 0.337. The molecule has 1 aromatic rings. The molecule has 0 saturated heterocycles. The van der Waals surface area contributed by atoms with Crippen molar-refractivity contribution in [2.75, 3.05) is 13.7 Å². The van der Waals surface area contributed by atoms with Crippen LogP contribution in [0.4, 0.5) is 0 Å². The third-order valence-electron chi connectivity index (χ3n) is 4.04. The van der Waals surface area contributed by atoms with Gasteiger partial charge in [0.2, 0.25) is 0 Å². The van der Waals surface area contributed by atoms with Crippen LogP contribution in [0.25, 0.3) is 0 Å². The van der Waals surface area contributed by atoms with Crippen LogP contribution in [0.5, 0.6) is 11.5 Å². The Balaban J connectivity index is 1.67. The Kier molecular flexibility index (Phi) is 5.52. The molecule has 3 heteroatoms. The summed E-state index contributed by atoms with van der Waals surface area (Å²) < 4.78 is 5.17. The molecular weight excluding hydrogens is 238 g/mol. The summed E-state index contributed by atoms with van der Waals surface area (Å²) in [5.74, 6) is 2.09. The Morgan fingerprint density at radius 3 is 2.84 bits per heavy atom. The number of phenolic OH excluding ortho intramolecular Hbond substituents is 1. The van der Waals surface area contributed by atoms with Crippen molar-refractivity contribution >= 4 is 0 Å². The van der Waals surface area contributed by atoms with Crippen molar-refractivity contribution < 1.29 is 9.84 Å². The molecule has 1 aliphatic carbocycles. The van der Waals surface area contributed by atoms with Gasteiger partial charge in [0, 0.05) is 12.1 Å². The molecule has 0 spiro atoms. The Labute approximate surface area is 116 Å². The van der Waals surface area contributed by atoms with Gasteiger partial charge in [0.1, 0.15) is 11.5 Å². The minimum Gasteiger partial charge on any atom is -0.508 e. The van der Waals surface area contributed by atoms with Crippen molar-refractivity contribution in [1.82, 2.24) is 5.32 Å². The van der Waals surface area contributed by atoms with Gasteiger partial charge in [-0.1, -0.05) is 25.7 Å². The number of rotatable bonds is 7. The Morgan fingerprint density at radius 2 is 2.11 bits per heavy atom. The summed E-state index contributed by atoms with van der Waals surface area (Å²) in [7, 11) is 1.64. The van der Waals surface area contributed by atoms with Gasteiger partial charge in [-0.15, -0.1) is 0 Å². The van der Waals surface area contributed by atoms with E-state index in [-0.39, 0.29) is 0 Å². The summed E-state index contributed by atoms with van der Waals surface area (Å²) in [5, 5.41) is 13.2. The maximum atomic E-state index is 9.76. The molecule has 0 heterocycles. The molecule has 2 rings (SSSR count). The molecule has 0 radical (unpaired) electrons. The maximum Gasteiger partial charge on any atom is 0.120 e. The number of hydrogen-bond acceptors (Lipinski definition) is 3. The number of aromatic hydroxyl groups is 1. The smallest absolute Gasteiger partial charge is 0.120 e. The van der Waals surface area contributed by atoms with Gasteiger partial charge in [0.05, 0.1) is 7.11 Å². The predicted molar refractivity (Wildman–Crippen MR) is 77.6 cm³/mol. The molecule has 1 aromatic carbocycles. The number of nitrogens with one attached hydrogen (secondary N) is 1. The van der Waals surface area contributed by atoms with Gasteiger partial charge < -0.3 is 15.2 Å². The first-order valence-corrected chi connectivity index (χ1v) is 7.36. The molecule has 0 aromatic heterocycles. The van der Waals surface area contributed by atoms with Crippen molar-refractivity contribution in [3.05, 3.63) is 23.8 Å². The highest BCUT2D eigenvalue weighted by molar-refractivity contribution is 5.39. The lowest BCUT2D eigenvalue weighted by Crippen LogP contribution is -2.15. The largest absolute Gasteiger partial charge is 0.508 e. The highest BCUT2D eigenvalue weighted by atomic mass is 16.5. The lowest BCUT2D eigenvalue weighted by atomic mass is 10.0. The Bertz CT molecular complexity index is 386. The molecule has 0 unspecified atom stereocenters. The van der Waals surface area contributed by atoms with E-state index in [1.807, 2.05) is 6.07 Å². The fourth-order valence-corrected chi connectivity index (χ4v) is 2.87. The van der Waals surface area contributed by atoms with Gasteiger partial charge in [-0.25, -0.2) is 0 Å². The zero-order chi connectivity index (χ0) is 13.5. The summed E-state index contributed by atoms with van der Waals surface area (Å²) in [4.78, 5) is 0. The van der Waals surface area contributed by atoms with Crippen LogP contribution in [0.3, 0.4) is 0 Å². The summed E-state index contributed by atoms with van der Waals surface area (Å²) in [5.41, 5.74) is 0.903. The maximum absolute atomic E-state index is 9.76. The van der Waals surface area contributed by atoms with Crippen LogP contribution in [-0.4, -0.2) is 18.8 Å². The first-order chi connectivity index (χ1) is 9.29. The van der Waals surface area contributed by atoms with E-state index in [0.29, 0.717) is 12.3 Å². The lowest BCUT2D eigenvalue weighted by Gasteiger charge is -2.10. The SMILES string of the molecule is COc1ccc(O)c(CNCCCC2CCCC2)c1. The van der Waals surface area contributed by atoms with Crippen LogP contribution in [0.1, 0.15) is 44.1 Å². The van der Waals surface area contributed by atoms with Gasteiger partial charge in [-0.3, -0.25) is 0 Å². The molecule has 1 aliphatic rings. The second-order valence-electron chi connectivity index (χ2n) is 5.46. The Hall–Kier alpha value is -1.22. The third kappa shape index (κ3) is 4.43. The highest BCUT2D eigenvalue weighted by Crippen LogP contribution is 2.28. The van der Waals surface area contributed by atoms with Gasteiger partial charge in [0.25, 0.3) is 0 Å². The van der Waals surface area contributed by atoms with Crippen LogP contribution in [0.2, 0.25) is 0 Å². The van der Waals surface area contributed by atoms with Crippen LogP contribution in [-0.2, 0) is 6.54 Å². The van der Waals surface area contributed by atoms with Crippen LogP contribution >= 0.6 is 0 Å². The van der Waals surface area contributed by atoms with E-state index in [2.05, 4.69) is 5.32 Å². The number of benzene rings is 1. The quantitative estimate of drug-likeness (QED) is 0.740. The molecule has 1 fully saturated rings. The zero-order valence-corrected chi connectivity index (χ0v) is 11.8. The molecule has 1 saturated carbocycles. The normalized spacial score (nSPS) is 15.8. The van der Waals surface area contributed by atoms with E-state index in [1.165, 1.54) is 38.5 Å². The predicted octanol–water partition coefficient (Wildman–Crippen LogP) is 3.46. The van der Waals surface area contributed by atoms with Gasteiger partial charge in [-0.05, 0) is 43.5 Å². The van der Waals surface area contributed by atoms with Crippen molar-refractivity contribution in [2.24, 2.45) is 5.92 Å². The number of ether oxygens (including phenoxy) is 1. The topological polar surface area (TPSA) is 41.5 Å². The molecule has 0 atom stereocenters. The van der Waals surface area contributed by atoms with Gasteiger partial charge >= 0.3 is 0 Å². The standard InChI is InChI=1S/C16H25NO2/c1-19-15-8-9-16(18)14(11-15)12-17-10-4-7-13-5-2-3-6-13/h8-9,11,13,17-18H,2-7,10,12H2,1H3. The van der Waals surface area contributed by atoms with Crippen LogP contribution in [0.15, 0.2) is 18.2 Å². The number of methoxy groups -OCH3 is 1. The van der Waals surface area contributed by atoms with E-state index < -0.39 is 0 Å². The summed E-state index contributed by atoms with van der Waals surface area (Å²) >= 11 is 0. The molecule has 2 N–H and O–H groups in total. The summed E-state index contributed by atoms with van der Waals surface area (Å²) in [6.07, 6.45) is 8.28. The molecular formula is C16H25NO2. The number of hydrogen-bond donors (Lipinski definition) is 2. The second kappa shape index (κ2) is 7.39. The van der Waals surface area contributed by atoms with E-state index >= 15 is 0 Å². The summed E-state index contributed by atoms with van der Waals surface area (Å²) in [6, 6.07) is 5.35. The fourth-order valence-electron chi connectivity index (χ4n) is 2.87. The zero-order valence-electron chi connectivity index (χ0n) is 11.8. The van der Waals surface area contributed by atoms with E-state index in [1.54, 1.807) is 19.2 Å². The molecule has 0 amide bonds. The first-order valence-electron chi connectivity index (χ1n) is 7.36. The average Bonchev–Trinajstić information content (AvgIpc) is 2.93. The Morgan fingerprint density at radius 1 is 1.32 bits per heavy atom. The number of phenols is 1. The van der Waals surface area contributed by atoms with Crippen molar-refractivity contribution in [2.45, 2.75) is 45.1 Å². The lowest BCUT2D eigenvalue weighted by molar-refractivity contribution is 0.409. The average molecular weight is 263 g/mol.